The van der Waals surface area contributed by atoms with Gasteiger partial charge in [0.2, 0.25) is 5.88 Å². The van der Waals surface area contributed by atoms with Crippen molar-refractivity contribution in [3.63, 3.8) is 0 Å². The lowest BCUT2D eigenvalue weighted by Gasteiger charge is -2.34. The minimum atomic E-state index is -0.0269. The average Bonchev–Trinajstić information content (AvgIpc) is 2.29. The second-order valence-corrected chi connectivity index (χ2v) is 4.54. The van der Waals surface area contributed by atoms with E-state index in [9.17, 15) is 0 Å². The Bertz CT molecular complexity index is 339. The molecule has 0 saturated carbocycles. The molecular formula is C12H21N3O. The Morgan fingerprint density at radius 3 is 2.75 bits per heavy atom. The van der Waals surface area contributed by atoms with Crippen LogP contribution in [0.3, 0.4) is 0 Å². The molecule has 0 saturated heterocycles. The topological polar surface area (TPSA) is 51.4 Å². The van der Waals surface area contributed by atoms with Crippen LogP contribution in [0.1, 0.15) is 19.4 Å². The molecule has 90 valence electrons. The third kappa shape index (κ3) is 2.93. The fourth-order valence-electron chi connectivity index (χ4n) is 1.35. The molecule has 0 spiro atoms. The van der Waals surface area contributed by atoms with E-state index in [4.69, 9.17) is 10.5 Å². The van der Waals surface area contributed by atoms with Crippen molar-refractivity contribution in [2.75, 3.05) is 20.7 Å². The van der Waals surface area contributed by atoms with Crippen molar-refractivity contribution in [2.45, 2.75) is 25.9 Å². The molecule has 0 aliphatic heterocycles. The van der Waals surface area contributed by atoms with E-state index in [0.29, 0.717) is 12.4 Å². The third-order valence-corrected chi connectivity index (χ3v) is 2.98. The zero-order chi connectivity index (χ0) is 12.2. The number of ether oxygens (including phenoxy) is 1. The Morgan fingerprint density at radius 2 is 2.19 bits per heavy atom. The van der Waals surface area contributed by atoms with Crippen LogP contribution in [-0.4, -0.2) is 36.1 Å². The summed E-state index contributed by atoms with van der Waals surface area (Å²) in [6.07, 6.45) is 1.73. The van der Waals surface area contributed by atoms with Gasteiger partial charge in [0.15, 0.2) is 0 Å². The van der Waals surface area contributed by atoms with Gasteiger partial charge in [-0.2, -0.15) is 0 Å². The molecule has 2 N–H and O–H groups in total. The van der Waals surface area contributed by atoms with Gasteiger partial charge in [-0.15, -0.1) is 0 Å². The van der Waals surface area contributed by atoms with Crippen molar-refractivity contribution in [3.8, 4) is 5.88 Å². The Balaban J connectivity index is 2.80. The molecule has 0 bridgehead atoms. The number of nitrogens with zero attached hydrogens (tertiary/aromatic N) is 2. The van der Waals surface area contributed by atoms with Gasteiger partial charge in [0.25, 0.3) is 0 Å². The molecule has 16 heavy (non-hydrogen) atoms. The van der Waals surface area contributed by atoms with Crippen LogP contribution < -0.4 is 10.5 Å². The zero-order valence-electron chi connectivity index (χ0n) is 10.5. The van der Waals surface area contributed by atoms with E-state index in [1.54, 1.807) is 13.3 Å². The van der Waals surface area contributed by atoms with Gasteiger partial charge >= 0.3 is 0 Å². The fourth-order valence-corrected chi connectivity index (χ4v) is 1.35. The van der Waals surface area contributed by atoms with Gasteiger partial charge in [0.05, 0.1) is 7.11 Å². The molecular weight excluding hydrogens is 202 g/mol. The minimum absolute atomic E-state index is 0.0269. The van der Waals surface area contributed by atoms with Gasteiger partial charge in [0, 0.05) is 30.4 Å². The van der Waals surface area contributed by atoms with E-state index < -0.39 is 0 Å². The molecule has 4 nitrogen and oxygen atoms in total. The Hall–Kier alpha value is -1.13. The highest BCUT2D eigenvalue weighted by Crippen LogP contribution is 2.19. The van der Waals surface area contributed by atoms with E-state index >= 15 is 0 Å². The number of methoxy groups -OCH3 is 1. The van der Waals surface area contributed by atoms with Gasteiger partial charge < -0.3 is 10.5 Å². The molecule has 1 aromatic heterocycles. The number of rotatable bonds is 5. The summed E-state index contributed by atoms with van der Waals surface area (Å²) in [6.45, 7) is 5.64. The van der Waals surface area contributed by atoms with Crippen LogP contribution in [-0.2, 0) is 6.54 Å². The smallest absolute Gasteiger partial charge is 0.217 e. The first kappa shape index (κ1) is 12.9. The maximum Gasteiger partial charge on any atom is 0.217 e. The summed E-state index contributed by atoms with van der Waals surface area (Å²) < 4.78 is 5.22. The maximum atomic E-state index is 5.74. The van der Waals surface area contributed by atoms with E-state index in [1.165, 1.54) is 0 Å². The van der Waals surface area contributed by atoms with E-state index in [0.717, 1.165) is 12.1 Å². The number of aromatic nitrogens is 1. The highest BCUT2D eigenvalue weighted by atomic mass is 16.5. The van der Waals surface area contributed by atoms with E-state index in [-0.39, 0.29) is 5.54 Å². The highest BCUT2D eigenvalue weighted by Gasteiger charge is 2.22. The first-order chi connectivity index (χ1) is 7.51. The summed E-state index contributed by atoms with van der Waals surface area (Å²) in [7, 11) is 3.69. The summed E-state index contributed by atoms with van der Waals surface area (Å²) >= 11 is 0. The van der Waals surface area contributed by atoms with Gasteiger partial charge in [-0.3, -0.25) is 4.90 Å². The summed E-state index contributed by atoms with van der Waals surface area (Å²) in [6, 6.07) is 3.94. The van der Waals surface area contributed by atoms with Crippen LogP contribution in [0.4, 0.5) is 0 Å². The van der Waals surface area contributed by atoms with E-state index in [2.05, 4.69) is 30.8 Å². The summed E-state index contributed by atoms with van der Waals surface area (Å²) in [5.41, 5.74) is 6.79. The number of pyridine rings is 1. The van der Waals surface area contributed by atoms with Crippen molar-refractivity contribution in [1.82, 2.24) is 9.88 Å². The molecule has 0 fully saturated rings. The van der Waals surface area contributed by atoms with Gasteiger partial charge in [-0.25, -0.2) is 4.98 Å². The largest absolute Gasteiger partial charge is 0.481 e. The Kier molecular flexibility index (Phi) is 4.26. The van der Waals surface area contributed by atoms with Crippen molar-refractivity contribution < 1.29 is 4.74 Å². The van der Waals surface area contributed by atoms with Crippen molar-refractivity contribution in [2.24, 2.45) is 5.73 Å². The SMILES string of the molecule is COc1ncccc1CN(C)C(C)(C)CN. The van der Waals surface area contributed by atoms with Crippen LogP contribution >= 0.6 is 0 Å². The number of likely N-dealkylation sites (N-methyl/N-ethyl adjacent to an activating group) is 1. The third-order valence-electron chi connectivity index (χ3n) is 2.98. The molecule has 0 aromatic carbocycles. The molecule has 1 rings (SSSR count). The molecule has 0 amide bonds. The normalized spacial score (nSPS) is 11.9. The Labute approximate surface area is 97.4 Å². The first-order valence-electron chi connectivity index (χ1n) is 5.40. The van der Waals surface area contributed by atoms with Crippen molar-refractivity contribution in [1.29, 1.82) is 0 Å². The van der Waals surface area contributed by atoms with Crippen LogP contribution in [0.25, 0.3) is 0 Å². The van der Waals surface area contributed by atoms with Crippen molar-refractivity contribution in [3.05, 3.63) is 23.9 Å². The van der Waals surface area contributed by atoms with Gasteiger partial charge in [-0.1, -0.05) is 6.07 Å². The average molecular weight is 223 g/mol. The summed E-state index contributed by atoms with van der Waals surface area (Å²) in [5.74, 6) is 0.683. The predicted molar refractivity (Wildman–Crippen MR) is 65.4 cm³/mol. The summed E-state index contributed by atoms with van der Waals surface area (Å²) in [4.78, 5) is 6.38. The molecule has 0 radical (unpaired) electrons. The zero-order valence-corrected chi connectivity index (χ0v) is 10.5. The molecule has 0 aliphatic rings. The standard InChI is InChI=1S/C12H21N3O/c1-12(2,9-13)15(3)8-10-6-5-7-14-11(10)16-4/h5-7H,8-9,13H2,1-4H3. The van der Waals surface area contributed by atoms with Crippen LogP contribution in [0.15, 0.2) is 18.3 Å². The second kappa shape index (κ2) is 5.27. The van der Waals surface area contributed by atoms with Gasteiger partial charge in [-0.05, 0) is 27.0 Å². The summed E-state index contributed by atoms with van der Waals surface area (Å²) in [5, 5.41) is 0. The monoisotopic (exact) mass is 223 g/mol. The molecule has 4 heteroatoms. The molecule has 1 heterocycles. The van der Waals surface area contributed by atoms with Crippen LogP contribution in [0.5, 0.6) is 5.88 Å². The van der Waals surface area contributed by atoms with Crippen LogP contribution in [0, 0.1) is 0 Å². The van der Waals surface area contributed by atoms with E-state index in [1.807, 2.05) is 12.1 Å². The number of hydrogen-bond acceptors (Lipinski definition) is 4. The quantitative estimate of drug-likeness (QED) is 0.816. The van der Waals surface area contributed by atoms with Crippen molar-refractivity contribution >= 4 is 0 Å². The lowest BCUT2D eigenvalue weighted by atomic mass is 10.0. The minimum Gasteiger partial charge on any atom is -0.481 e. The first-order valence-corrected chi connectivity index (χ1v) is 5.40. The molecule has 0 atom stereocenters. The molecule has 1 aromatic rings. The highest BCUT2D eigenvalue weighted by molar-refractivity contribution is 5.25. The molecule has 0 unspecified atom stereocenters. The maximum absolute atomic E-state index is 5.74. The lowest BCUT2D eigenvalue weighted by molar-refractivity contribution is 0.154. The second-order valence-electron chi connectivity index (χ2n) is 4.54. The number of hydrogen-bond donors (Lipinski definition) is 1. The number of nitrogens with two attached hydrogens (primary N) is 1. The lowest BCUT2D eigenvalue weighted by Crippen LogP contribution is -2.46. The molecule has 0 aliphatic carbocycles. The van der Waals surface area contributed by atoms with Crippen LogP contribution in [0.2, 0.25) is 0 Å². The fraction of sp³-hybridized carbons (Fsp3) is 0.583. The van der Waals surface area contributed by atoms with Gasteiger partial charge in [0.1, 0.15) is 0 Å². The predicted octanol–water partition coefficient (Wildman–Crippen LogP) is 1.26. The Morgan fingerprint density at radius 1 is 1.50 bits per heavy atom.